The van der Waals surface area contributed by atoms with E-state index in [0.717, 1.165) is 25.7 Å². The third kappa shape index (κ3) is 9.72. The Kier molecular flexibility index (Phi) is 10.7. The molecule has 3 amide bonds. The SMILES string of the molecule is CC(=O)N1CCN(C(=O)C[C@@H](CC2CCCCC2)C(=O)NC[C@H](C)Nc2ccc(OC(F)(F)F)cc2)CC1. The summed E-state index contributed by atoms with van der Waals surface area (Å²) in [6.07, 6.45) is 1.71. The highest BCUT2D eigenvalue weighted by Gasteiger charge is 2.31. The predicted octanol–water partition coefficient (Wildman–Crippen LogP) is 4.17. The lowest BCUT2D eigenvalue weighted by atomic mass is 9.81. The van der Waals surface area contributed by atoms with Gasteiger partial charge in [0.2, 0.25) is 17.7 Å². The first-order valence-corrected chi connectivity index (χ1v) is 13.4. The summed E-state index contributed by atoms with van der Waals surface area (Å²) in [5.41, 5.74) is 0.597. The fourth-order valence-electron chi connectivity index (χ4n) is 5.21. The van der Waals surface area contributed by atoms with Crippen molar-refractivity contribution in [2.24, 2.45) is 11.8 Å². The molecule has 0 spiro atoms. The second kappa shape index (κ2) is 13.7. The number of carbonyl (C=O) groups excluding carboxylic acids is 3. The van der Waals surface area contributed by atoms with Crippen LogP contribution in [-0.4, -0.2) is 72.6 Å². The summed E-state index contributed by atoms with van der Waals surface area (Å²) in [4.78, 5) is 41.4. The Labute approximate surface area is 222 Å². The Morgan fingerprint density at radius 2 is 1.61 bits per heavy atom. The van der Waals surface area contributed by atoms with Crippen LogP contribution in [0.4, 0.5) is 18.9 Å². The van der Waals surface area contributed by atoms with E-state index in [2.05, 4.69) is 15.4 Å². The van der Waals surface area contributed by atoms with Gasteiger partial charge in [-0.05, 0) is 43.5 Å². The predicted molar refractivity (Wildman–Crippen MR) is 137 cm³/mol. The Bertz CT molecular complexity index is 927. The number of nitrogens with zero attached hydrogens (tertiary/aromatic N) is 2. The molecule has 0 radical (unpaired) electrons. The molecule has 0 unspecified atom stereocenters. The van der Waals surface area contributed by atoms with Crippen molar-refractivity contribution in [1.82, 2.24) is 15.1 Å². The van der Waals surface area contributed by atoms with Crippen LogP contribution in [0.15, 0.2) is 24.3 Å². The molecular weight excluding hydrogens is 501 g/mol. The van der Waals surface area contributed by atoms with Crippen molar-refractivity contribution in [2.45, 2.75) is 71.2 Å². The van der Waals surface area contributed by atoms with Gasteiger partial charge in [0, 0.05) is 63.7 Å². The molecule has 1 aliphatic heterocycles. The zero-order valence-corrected chi connectivity index (χ0v) is 22.2. The quantitative estimate of drug-likeness (QED) is 0.465. The third-order valence-electron chi connectivity index (χ3n) is 7.30. The smallest absolute Gasteiger partial charge is 0.406 e. The third-order valence-corrected chi connectivity index (χ3v) is 7.30. The molecule has 0 aromatic heterocycles. The van der Waals surface area contributed by atoms with Crippen molar-refractivity contribution in [3.8, 4) is 5.75 Å². The maximum Gasteiger partial charge on any atom is 0.573 e. The number of nitrogens with one attached hydrogen (secondary N) is 2. The van der Waals surface area contributed by atoms with Crippen LogP contribution in [0.3, 0.4) is 0 Å². The Hall–Kier alpha value is -2.98. The van der Waals surface area contributed by atoms with Gasteiger partial charge in [-0.3, -0.25) is 14.4 Å². The molecule has 3 rings (SSSR count). The number of rotatable bonds is 10. The number of halogens is 3. The van der Waals surface area contributed by atoms with Crippen LogP contribution >= 0.6 is 0 Å². The molecule has 8 nitrogen and oxygen atoms in total. The van der Waals surface area contributed by atoms with E-state index in [1.165, 1.54) is 37.6 Å². The van der Waals surface area contributed by atoms with E-state index in [-0.39, 0.29) is 35.9 Å². The summed E-state index contributed by atoms with van der Waals surface area (Å²) < 4.78 is 41.0. The average Bonchev–Trinajstić information content (AvgIpc) is 2.88. The number of alkyl halides is 3. The number of carbonyl (C=O) groups is 3. The molecule has 1 aromatic carbocycles. The lowest BCUT2D eigenvalue weighted by molar-refractivity contribution is -0.274. The molecule has 1 saturated heterocycles. The zero-order valence-electron chi connectivity index (χ0n) is 22.2. The van der Waals surface area contributed by atoms with E-state index in [9.17, 15) is 27.6 Å². The molecule has 1 aliphatic carbocycles. The van der Waals surface area contributed by atoms with Crippen LogP contribution < -0.4 is 15.4 Å². The van der Waals surface area contributed by atoms with Gasteiger partial charge in [0.25, 0.3) is 0 Å². The van der Waals surface area contributed by atoms with E-state index < -0.39 is 12.3 Å². The van der Waals surface area contributed by atoms with Gasteiger partial charge in [-0.15, -0.1) is 13.2 Å². The van der Waals surface area contributed by atoms with Gasteiger partial charge in [-0.2, -0.15) is 0 Å². The van der Waals surface area contributed by atoms with Crippen LogP contribution in [-0.2, 0) is 14.4 Å². The molecule has 0 bridgehead atoms. The molecule has 2 N–H and O–H groups in total. The Morgan fingerprint density at radius 1 is 1.00 bits per heavy atom. The van der Waals surface area contributed by atoms with E-state index in [0.29, 0.717) is 50.7 Å². The summed E-state index contributed by atoms with van der Waals surface area (Å²) in [5, 5.41) is 6.12. The standard InChI is InChI=1S/C27H39F3N4O4/c1-19(32-23-8-10-24(11-9-23)38-27(28,29)30)18-31-26(37)22(16-21-6-4-3-5-7-21)17-25(36)34-14-12-33(13-15-34)20(2)35/h8-11,19,21-22,32H,3-7,12-18H2,1-2H3,(H,31,37)/t19-,22+/m0/s1. The number of hydrogen-bond acceptors (Lipinski definition) is 5. The summed E-state index contributed by atoms with van der Waals surface area (Å²) in [7, 11) is 0. The van der Waals surface area contributed by atoms with Gasteiger partial charge in [0.1, 0.15) is 5.75 Å². The second-order valence-corrected chi connectivity index (χ2v) is 10.4. The lowest BCUT2D eigenvalue weighted by Crippen LogP contribution is -2.50. The minimum Gasteiger partial charge on any atom is -0.406 e. The van der Waals surface area contributed by atoms with Crippen LogP contribution in [0.1, 0.15) is 58.8 Å². The number of amides is 3. The van der Waals surface area contributed by atoms with Crippen LogP contribution in [0.25, 0.3) is 0 Å². The first-order valence-electron chi connectivity index (χ1n) is 13.4. The van der Waals surface area contributed by atoms with E-state index in [1.54, 1.807) is 9.80 Å². The zero-order chi connectivity index (χ0) is 27.7. The largest absolute Gasteiger partial charge is 0.573 e. The molecule has 1 aromatic rings. The van der Waals surface area contributed by atoms with Crippen molar-refractivity contribution in [3.05, 3.63) is 24.3 Å². The van der Waals surface area contributed by atoms with Crippen molar-refractivity contribution >= 4 is 23.4 Å². The lowest BCUT2D eigenvalue weighted by Gasteiger charge is -2.35. The molecule has 212 valence electrons. The van der Waals surface area contributed by atoms with Crippen molar-refractivity contribution in [3.63, 3.8) is 0 Å². The molecule has 2 aliphatic rings. The summed E-state index contributed by atoms with van der Waals surface area (Å²) in [6, 6.07) is 5.22. The molecule has 1 saturated carbocycles. The second-order valence-electron chi connectivity index (χ2n) is 10.4. The average molecular weight is 541 g/mol. The minimum atomic E-state index is -4.75. The molecular formula is C27H39F3N4O4. The van der Waals surface area contributed by atoms with Crippen LogP contribution in [0.2, 0.25) is 0 Å². The van der Waals surface area contributed by atoms with Gasteiger partial charge >= 0.3 is 6.36 Å². The Morgan fingerprint density at radius 3 is 2.18 bits per heavy atom. The molecule has 11 heteroatoms. The van der Waals surface area contributed by atoms with Crippen molar-refractivity contribution in [1.29, 1.82) is 0 Å². The highest BCUT2D eigenvalue weighted by atomic mass is 19.4. The summed E-state index contributed by atoms with van der Waals surface area (Å²) in [6.45, 7) is 5.64. The van der Waals surface area contributed by atoms with Crippen LogP contribution in [0.5, 0.6) is 5.75 Å². The topological polar surface area (TPSA) is 91.0 Å². The van der Waals surface area contributed by atoms with E-state index in [4.69, 9.17) is 0 Å². The maximum absolute atomic E-state index is 13.2. The fraction of sp³-hybridized carbons (Fsp3) is 0.667. The first kappa shape index (κ1) is 29.6. The van der Waals surface area contributed by atoms with Gasteiger partial charge in [0.05, 0.1) is 0 Å². The van der Waals surface area contributed by atoms with E-state index in [1.807, 2.05) is 6.92 Å². The number of piperazine rings is 1. The van der Waals surface area contributed by atoms with Gasteiger partial charge < -0.3 is 25.2 Å². The molecule has 1 heterocycles. The molecule has 38 heavy (non-hydrogen) atoms. The van der Waals surface area contributed by atoms with Gasteiger partial charge in [0.15, 0.2) is 0 Å². The number of benzene rings is 1. The molecule has 2 fully saturated rings. The summed E-state index contributed by atoms with van der Waals surface area (Å²) in [5.74, 6) is -0.524. The van der Waals surface area contributed by atoms with Crippen molar-refractivity contribution < 1.29 is 32.3 Å². The normalized spacial score (nSPS) is 18.4. The van der Waals surface area contributed by atoms with Crippen LogP contribution in [0, 0.1) is 11.8 Å². The van der Waals surface area contributed by atoms with Gasteiger partial charge in [-0.1, -0.05) is 32.1 Å². The molecule has 2 atom stereocenters. The number of hydrogen-bond donors (Lipinski definition) is 2. The van der Waals surface area contributed by atoms with E-state index >= 15 is 0 Å². The van der Waals surface area contributed by atoms with Gasteiger partial charge in [-0.25, -0.2) is 0 Å². The first-order chi connectivity index (χ1) is 18.0. The highest BCUT2D eigenvalue weighted by Crippen LogP contribution is 2.31. The summed E-state index contributed by atoms with van der Waals surface area (Å²) >= 11 is 0. The number of ether oxygens (including phenoxy) is 1. The highest BCUT2D eigenvalue weighted by molar-refractivity contribution is 5.86. The monoisotopic (exact) mass is 540 g/mol. The van der Waals surface area contributed by atoms with Crippen molar-refractivity contribution in [2.75, 3.05) is 38.0 Å². The maximum atomic E-state index is 13.2. The Balaban J connectivity index is 1.53. The minimum absolute atomic E-state index is 0.0000325. The number of anilines is 1. The fourth-order valence-corrected chi connectivity index (χ4v) is 5.21.